The maximum absolute atomic E-state index is 11.9. The number of amides is 1. The van der Waals surface area contributed by atoms with Crippen molar-refractivity contribution >= 4 is 5.91 Å². The van der Waals surface area contributed by atoms with Gasteiger partial charge in [-0.25, -0.2) is 0 Å². The number of carbonyl (C=O) groups is 1. The van der Waals surface area contributed by atoms with Crippen LogP contribution in [-0.2, 0) is 11.2 Å². The fourth-order valence-corrected chi connectivity index (χ4v) is 2.10. The highest BCUT2D eigenvalue weighted by atomic mass is 16.3. The van der Waals surface area contributed by atoms with Crippen molar-refractivity contribution in [1.82, 2.24) is 4.90 Å². The van der Waals surface area contributed by atoms with E-state index >= 15 is 0 Å². The monoisotopic (exact) mass is 219 g/mol. The number of nitrogens with zero attached hydrogens (tertiary/aromatic N) is 1. The third-order valence-corrected chi connectivity index (χ3v) is 3.11. The molecule has 1 unspecified atom stereocenters. The molecule has 16 heavy (non-hydrogen) atoms. The number of hydrogen-bond donors (Lipinski definition) is 1. The molecule has 2 rings (SSSR count). The lowest BCUT2D eigenvalue weighted by Gasteiger charge is -2.16. The molecular weight excluding hydrogens is 202 g/mol. The number of carbonyl (C=O) groups excluding carboxylic acids is 1. The Kier molecular flexibility index (Phi) is 3.13. The third kappa shape index (κ3) is 2.35. The van der Waals surface area contributed by atoms with Crippen molar-refractivity contribution in [2.45, 2.75) is 19.8 Å². The third-order valence-electron chi connectivity index (χ3n) is 3.11. The van der Waals surface area contributed by atoms with Gasteiger partial charge in [-0.15, -0.1) is 0 Å². The second-order valence-corrected chi connectivity index (χ2v) is 4.54. The predicted molar refractivity (Wildman–Crippen MR) is 62.2 cm³/mol. The first-order valence-electron chi connectivity index (χ1n) is 5.71. The van der Waals surface area contributed by atoms with Crippen LogP contribution >= 0.6 is 0 Å². The molecule has 3 heteroatoms. The number of aromatic hydroxyl groups is 1. The topological polar surface area (TPSA) is 40.5 Å². The summed E-state index contributed by atoms with van der Waals surface area (Å²) in [6.07, 6.45) is 1.39. The fraction of sp³-hybridized carbons (Fsp3) is 0.462. The molecule has 1 aliphatic heterocycles. The van der Waals surface area contributed by atoms with Crippen LogP contribution in [0.3, 0.4) is 0 Å². The Labute approximate surface area is 95.7 Å². The second-order valence-electron chi connectivity index (χ2n) is 4.54. The molecule has 0 saturated carbocycles. The van der Waals surface area contributed by atoms with E-state index in [2.05, 4.69) is 6.92 Å². The molecule has 1 aromatic rings. The van der Waals surface area contributed by atoms with E-state index in [9.17, 15) is 9.90 Å². The van der Waals surface area contributed by atoms with Gasteiger partial charge in [-0.3, -0.25) is 4.79 Å². The minimum atomic E-state index is 0.117. The van der Waals surface area contributed by atoms with Gasteiger partial charge in [-0.1, -0.05) is 25.1 Å². The SMILES string of the molecule is CC1CCN(C(=O)Cc2ccccc2O)C1. The summed E-state index contributed by atoms with van der Waals surface area (Å²) >= 11 is 0. The highest BCUT2D eigenvalue weighted by Crippen LogP contribution is 2.20. The van der Waals surface area contributed by atoms with E-state index in [4.69, 9.17) is 0 Å². The highest BCUT2D eigenvalue weighted by Gasteiger charge is 2.23. The molecule has 1 aromatic carbocycles. The lowest BCUT2D eigenvalue weighted by atomic mass is 10.1. The van der Waals surface area contributed by atoms with Crippen LogP contribution in [-0.4, -0.2) is 29.0 Å². The maximum Gasteiger partial charge on any atom is 0.227 e. The molecule has 0 aliphatic carbocycles. The van der Waals surface area contributed by atoms with Crippen molar-refractivity contribution in [3.63, 3.8) is 0 Å². The van der Waals surface area contributed by atoms with Gasteiger partial charge < -0.3 is 10.0 Å². The molecule has 0 bridgehead atoms. The summed E-state index contributed by atoms with van der Waals surface area (Å²) in [4.78, 5) is 13.8. The summed E-state index contributed by atoms with van der Waals surface area (Å²) in [5.74, 6) is 0.933. The summed E-state index contributed by atoms with van der Waals surface area (Å²) in [5, 5.41) is 9.58. The molecule has 1 N–H and O–H groups in total. The van der Waals surface area contributed by atoms with Crippen molar-refractivity contribution in [2.75, 3.05) is 13.1 Å². The Bertz CT molecular complexity index is 389. The molecule has 1 atom stereocenters. The lowest BCUT2D eigenvalue weighted by Crippen LogP contribution is -2.29. The van der Waals surface area contributed by atoms with Gasteiger partial charge in [-0.05, 0) is 18.4 Å². The Balaban J connectivity index is 2.00. The van der Waals surface area contributed by atoms with Crippen molar-refractivity contribution in [1.29, 1.82) is 0 Å². The summed E-state index contributed by atoms with van der Waals surface area (Å²) in [6, 6.07) is 7.03. The van der Waals surface area contributed by atoms with E-state index in [1.807, 2.05) is 11.0 Å². The van der Waals surface area contributed by atoms with E-state index in [0.29, 0.717) is 17.9 Å². The van der Waals surface area contributed by atoms with Crippen LogP contribution in [0.25, 0.3) is 0 Å². The number of phenols is 1. The second kappa shape index (κ2) is 4.56. The Morgan fingerprint density at radius 3 is 2.88 bits per heavy atom. The van der Waals surface area contributed by atoms with Crippen LogP contribution < -0.4 is 0 Å². The molecule has 86 valence electrons. The Hall–Kier alpha value is -1.51. The molecule has 0 radical (unpaired) electrons. The average molecular weight is 219 g/mol. The molecule has 0 spiro atoms. The largest absolute Gasteiger partial charge is 0.508 e. The van der Waals surface area contributed by atoms with Gasteiger partial charge in [0.2, 0.25) is 5.91 Å². The van der Waals surface area contributed by atoms with Crippen LogP contribution in [0.15, 0.2) is 24.3 Å². The molecule has 1 amide bonds. The summed E-state index contributed by atoms with van der Waals surface area (Å²) < 4.78 is 0. The fourth-order valence-electron chi connectivity index (χ4n) is 2.10. The van der Waals surface area contributed by atoms with Gasteiger partial charge in [-0.2, -0.15) is 0 Å². The van der Waals surface area contributed by atoms with Gasteiger partial charge in [0.25, 0.3) is 0 Å². The molecular formula is C13H17NO2. The zero-order valence-corrected chi connectivity index (χ0v) is 9.52. The number of benzene rings is 1. The molecule has 1 heterocycles. The summed E-state index contributed by atoms with van der Waals surface area (Å²) in [7, 11) is 0. The standard InChI is InChI=1S/C13H17NO2/c1-10-6-7-14(9-10)13(16)8-11-4-2-3-5-12(11)15/h2-5,10,15H,6-9H2,1H3. The minimum Gasteiger partial charge on any atom is -0.508 e. The normalized spacial score (nSPS) is 20.1. The van der Waals surface area contributed by atoms with Crippen molar-refractivity contribution in [2.24, 2.45) is 5.92 Å². The Morgan fingerprint density at radius 2 is 2.25 bits per heavy atom. The van der Waals surface area contributed by atoms with Crippen LogP contribution in [0.2, 0.25) is 0 Å². The van der Waals surface area contributed by atoms with Gasteiger partial charge in [0.05, 0.1) is 6.42 Å². The van der Waals surface area contributed by atoms with E-state index in [1.54, 1.807) is 18.2 Å². The van der Waals surface area contributed by atoms with Crippen LogP contribution in [0, 0.1) is 5.92 Å². The van der Waals surface area contributed by atoms with Crippen LogP contribution in [0.5, 0.6) is 5.75 Å². The number of rotatable bonds is 2. The van der Waals surface area contributed by atoms with E-state index in [0.717, 1.165) is 19.5 Å². The Morgan fingerprint density at radius 1 is 1.50 bits per heavy atom. The zero-order valence-electron chi connectivity index (χ0n) is 9.52. The number of likely N-dealkylation sites (tertiary alicyclic amines) is 1. The first-order valence-corrected chi connectivity index (χ1v) is 5.71. The summed E-state index contributed by atoms with van der Waals surface area (Å²) in [6.45, 7) is 3.87. The smallest absolute Gasteiger partial charge is 0.227 e. The average Bonchev–Trinajstić information content (AvgIpc) is 2.68. The zero-order chi connectivity index (χ0) is 11.5. The van der Waals surface area contributed by atoms with Gasteiger partial charge in [0.15, 0.2) is 0 Å². The molecule has 1 aliphatic rings. The van der Waals surface area contributed by atoms with E-state index in [1.165, 1.54) is 0 Å². The molecule has 1 fully saturated rings. The number of phenolic OH excluding ortho intramolecular Hbond substituents is 1. The van der Waals surface area contributed by atoms with E-state index in [-0.39, 0.29) is 11.7 Å². The molecule has 1 saturated heterocycles. The highest BCUT2D eigenvalue weighted by molar-refractivity contribution is 5.79. The van der Waals surface area contributed by atoms with Gasteiger partial charge in [0.1, 0.15) is 5.75 Å². The van der Waals surface area contributed by atoms with Crippen molar-refractivity contribution in [3.05, 3.63) is 29.8 Å². The lowest BCUT2D eigenvalue weighted by molar-refractivity contribution is -0.129. The van der Waals surface area contributed by atoms with Crippen LogP contribution in [0.4, 0.5) is 0 Å². The molecule has 0 aromatic heterocycles. The predicted octanol–water partition coefficient (Wildman–Crippen LogP) is 1.80. The van der Waals surface area contributed by atoms with Gasteiger partial charge >= 0.3 is 0 Å². The van der Waals surface area contributed by atoms with Crippen molar-refractivity contribution in [3.8, 4) is 5.75 Å². The van der Waals surface area contributed by atoms with E-state index < -0.39 is 0 Å². The summed E-state index contributed by atoms with van der Waals surface area (Å²) in [5.41, 5.74) is 0.715. The first-order chi connectivity index (χ1) is 7.66. The first kappa shape index (κ1) is 11.0. The quantitative estimate of drug-likeness (QED) is 0.824. The number of para-hydroxylation sites is 1. The van der Waals surface area contributed by atoms with Crippen LogP contribution in [0.1, 0.15) is 18.9 Å². The maximum atomic E-state index is 11.9. The number of hydrogen-bond acceptors (Lipinski definition) is 2. The van der Waals surface area contributed by atoms with Gasteiger partial charge in [0, 0.05) is 18.7 Å². The van der Waals surface area contributed by atoms with Crippen molar-refractivity contribution < 1.29 is 9.90 Å². The minimum absolute atomic E-state index is 0.117. The molecule has 3 nitrogen and oxygen atoms in total.